The zero-order valence-electron chi connectivity index (χ0n) is 24.5. The van der Waals surface area contributed by atoms with Gasteiger partial charge in [-0.1, -0.05) is 6.07 Å². The number of piperazine rings is 1. The van der Waals surface area contributed by atoms with Crippen LogP contribution in [-0.2, 0) is 18.0 Å². The molecule has 234 valence electrons. The number of nitrogens with zero attached hydrogens (tertiary/aromatic N) is 5. The van der Waals surface area contributed by atoms with Crippen molar-refractivity contribution in [1.82, 2.24) is 20.2 Å². The minimum absolute atomic E-state index is 0.0219. The fourth-order valence-corrected chi connectivity index (χ4v) is 8.76. The third-order valence-electron chi connectivity index (χ3n) is 9.86. The average molecular weight is 636 g/mol. The van der Waals surface area contributed by atoms with E-state index in [1.165, 1.54) is 12.1 Å². The maximum Gasteiger partial charge on any atom is 0.319 e. The fourth-order valence-electron chi connectivity index (χ4n) is 7.81. The Morgan fingerprint density at radius 1 is 1.11 bits per heavy atom. The highest BCUT2D eigenvalue weighted by molar-refractivity contribution is 7.23. The van der Waals surface area contributed by atoms with Crippen molar-refractivity contribution in [2.45, 2.75) is 57.0 Å². The Balaban J connectivity index is 1.34. The number of hydrogen-bond donors (Lipinski definition) is 2. The smallest absolute Gasteiger partial charge is 0.319 e. The number of nitrogens with one attached hydrogen (secondary N) is 1. The van der Waals surface area contributed by atoms with E-state index >= 15 is 4.39 Å². The van der Waals surface area contributed by atoms with Gasteiger partial charge in [-0.05, 0) is 55.0 Å². The van der Waals surface area contributed by atoms with Crippen molar-refractivity contribution < 1.29 is 22.6 Å². The molecule has 3 N–H and O–H groups in total. The second-order valence-electron chi connectivity index (χ2n) is 12.2. The minimum atomic E-state index is -0.605. The molecule has 3 atom stereocenters. The molecular formula is C32H32F3N7O2S. The predicted octanol–water partition coefficient (Wildman–Crippen LogP) is 5.03. The molecule has 2 bridgehead atoms. The largest absolute Gasteiger partial charge is 0.462 e. The third-order valence-corrected chi connectivity index (χ3v) is 10.9. The van der Waals surface area contributed by atoms with Gasteiger partial charge in [0.25, 0.3) is 0 Å². The predicted molar refractivity (Wildman–Crippen MR) is 166 cm³/mol. The first-order valence-electron chi connectivity index (χ1n) is 15.4. The van der Waals surface area contributed by atoms with E-state index in [9.17, 15) is 14.0 Å². The molecule has 0 radical (unpaired) electrons. The number of anilines is 2. The number of aromatic nitrogens is 2. The molecule has 0 aliphatic carbocycles. The first-order valence-corrected chi connectivity index (χ1v) is 16.3. The van der Waals surface area contributed by atoms with Gasteiger partial charge in [-0.25, -0.2) is 13.2 Å². The van der Waals surface area contributed by atoms with Gasteiger partial charge in [-0.15, -0.1) is 11.3 Å². The molecule has 2 aromatic carbocycles. The van der Waals surface area contributed by atoms with Gasteiger partial charge in [0, 0.05) is 48.7 Å². The number of alkyl halides is 1. The van der Waals surface area contributed by atoms with Crippen LogP contribution in [0.2, 0.25) is 0 Å². The highest BCUT2D eigenvalue weighted by Gasteiger charge is 2.40. The number of likely N-dealkylation sites (tertiary alicyclic amines) is 1. The second kappa shape index (κ2) is 11.3. The number of halogens is 3. The van der Waals surface area contributed by atoms with Crippen LogP contribution in [0.1, 0.15) is 42.4 Å². The Kier molecular flexibility index (Phi) is 7.20. The highest BCUT2D eigenvalue weighted by atomic mass is 32.1. The molecule has 45 heavy (non-hydrogen) atoms. The summed E-state index contributed by atoms with van der Waals surface area (Å²) in [6.07, 6.45) is 3.80. The summed E-state index contributed by atoms with van der Waals surface area (Å²) in [4.78, 5) is 14.0. The lowest BCUT2D eigenvalue weighted by Gasteiger charge is -2.37. The molecule has 4 aliphatic heterocycles. The van der Waals surface area contributed by atoms with Crippen LogP contribution < -0.4 is 20.7 Å². The number of ether oxygens (including phenoxy) is 2. The van der Waals surface area contributed by atoms with Crippen LogP contribution in [0.3, 0.4) is 0 Å². The molecule has 3 saturated heterocycles. The number of thiophene rings is 1. The molecule has 4 aromatic rings. The normalized spacial score (nSPS) is 22.9. The lowest BCUT2D eigenvalue weighted by molar-refractivity contribution is 0.135. The molecule has 13 heteroatoms. The fraction of sp³-hybridized carbons (Fsp3) is 0.469. The van der Waals surface area contributed by atoms with Crippen LogP contribution in [0, 0.1) is 23.0 Å². The molecule has 9 nitrogen and oxygen atoms in total. The van der Waals surface area contributed by atoms with Crippen molar-refractivity contribution in [3.05, 3.63) is 40.5 Å². The van der Waals surface area contributed by atoms with Crippen molar-refractivity contribution >= 4 is 43.1 Å². The number of nitrogen functional groups attached to an aromatic ring is 1. The summed E-state index contributed by atoms with van der Waals surface area (Å²) in [6, 6.07) is 5.34. The minimum Gasteiger partial charge on any atom is -0.462 e. The molecule has 6 heterocycles. The third kappa shape index (κ3) is 4.52. The number of hydrogen-bond acceptors (Lipinski definition) is 10. The van der Waals surface area contributed by atoms with Gasteiger partial charge in [-0.3, -0.25) is 4.90 Å². The summed E-state index contributed by atoms with van der Waals surface area (Å²) in [6.45, 7) is 2.95. The summed E-state index contributed by atoms with van der Waals surface area (Å²) in [7, 11) is 0. The molecule has 8 rings (SSSR count). The summed E-state index contributed by atoms with van der Waals surface area (Å²) in [5, 5.41) is 14.5. The van der Waals surface area contributed by atoms with Crippen LogP contribution in [-0.4, -0.2) is 72.5 Å². The van der Waals surface area contributed by atoms with Crippen LogP contribution >= 0.6 is 11.3 Å². The van der Waals surface area contributed by atoms with E-state index in [2.05, 4.69) is 26.2 Å². The summed E-state index contributed by atoms with van der Waals surface area (Å²) in [5.74, 6) is -0.499. The Morgan fingerprint density at radius 2 is 1.91 bits per heavy atom. The first-order chi connectivity index (χ1) is 22.0. The molecule has 0 spiro atoms. The van der Waals surface area contributed by atoms with Crippen molar-refractivity contribution in [3.63, 3.8) is 0 Å². The van der Waals surface area contributed by atoms with Gasteiger partial charge >= 0.3 is 6.01 Å². The molecule has 2 unspecified atom stereocenters. The van der Waals surface area contributed by atoms with Crippen molar-refractivity contribution in [2.75, 3.05) is 50.1 Å². The average Bonchev–Trinajstić information content (AvgIpc) is 3.82. The zero-order valence-corrected chi connectivity index (χ0v) is 25.4. The van der Waals surface area contributed by atoms with Crippen LogP contribution in [0.5, 0.6) is 6.01 Å². The van der Waals surface area contributed by atoms with Gasteiger partial charge < -0.3 is 25.4 Å². The SMILES string of the molecule is N#Cc1c(N)sc2c(F)ccc(-c3c4c(c5c(N6C7CCC6CNC7)nc(OC[C@@H]6CCCN6CCF)nc5c3F)COC4)c12. The lowest BCUT2D eigenvalue weighted by atomic mass is 9.90. The van der Waals surface area contributed by atoms with Gasteiger partial charge in [0.2, 0.25) is 0 Å². The summed E-state index contributed by atoms with van der Waals surface area (Å²) >= 11 is 0.976. The van der Waals surface area contributed by atoms with Crippen LogP contribution in [0.15, 0.2) is 12.1 Å². The van der Waals surface area contributed by atoms with Gasteiger partial charge in [0.15, 0.2) is 5.82 Å². The van der Waals surface area contributed by atoms with Gasteiger partial charge in [0.1, 0.15) is 41.5 Å². The van der Waals surface area contributed by atoms with Gasteiger partial charge in [0.05, 0.1) is 28.9 Å². The topological polar surface area (TPSA) is 113 Å². The maximum atomic E-state index is 17.2. The van der Waals surface area contributed by atoms with Crippen molar-refractivity contribution in [2.24, 2.45) is 0 Å². The standard InChI is InChI=1S/C32H32F3N7O2S/c33-7-9-41-8-1-2-18(41)13-44-32-39-28-26(31(40-32)42-16-3-4-17(42)12-38-11-16)22-15-43-14-21(22)24(27(28)35)19-5-6-23(34)29-25(19)20(10-36)30(37)45-29/h5-6,16-18,38H,1-4,7-9,11-15,37H2/t16?,17?,18-/m0/s1. The van der Waals surface area contributed by atoms with Crippen molar-refractivity contribution in [3.8, 4) is 23.2 Å². The summed E-state index contributed by atoms with van der Waals surface area (Å²) < 4.78 is 57.7. The Bertz CT molecular complexity index is 1860. The second-order valence-corrected chi connectivity index (χ2v) is 13.3. The number of nitriles is 1. The van der Waals surface area contributed by atoms with E-state index in [0.29, 0.717) is 28.9 Å². The highest BCUT2D eigenvalue weighted by Crippen LogP contribution is 2.48. The molecule has 0 saturated carbocycles. The van der Waals surface area contributed by atoms with E-state index in [4.69, 9.17) is 20.2 Å². The quantitative estimate of drug-likeness (QED) is 0.289. The van der Waals surface area contributed by atoms with E-state index in [-0.39, 0.29) is 75.7 Å². The first kappa shape index (κ1) is 28.8. The molecular weight excluding hydrogens is 603 g/mol. The van der Waals surface area contributed by atoms with Gasteiger partial charge in [-0.2, -0.15) is 15.2 Å². The Hall–Kier alpha value is -3.70. The zero-order chi connectivity index (χ0) is 30.8. The maximum absolute atomic E-state index is 17.2. The van der Waals surface area contributed by atoms with Crippen LogP contribution in [0.4, 0.5) is 24.0 Å². The number of fused-ring (bicyclic) bond motifs is 6. The number of nitrogens with two attached hydrogens (primary N) is 1. The van der Waals surface area contributed by atoms with E-state index in [1.54, 1.807) is 0 Å². The van der Waals surface area contributed by atoms with E-state index in [1.807, 2.05) is 0 Å². The lowest BCUT2D eigenvalue weighted by Crippen LogP contribution is -2.52. The Morgan fingerprint density at radius 3 is 2.69 bits per heavy atom. The monoisotopic (exact) mass is 635 g/mol. The molecule has 0 amide bonds. The van der Waals surface area contributed by atoms with Crippen LogP contribution in [0.25, 0.3) is 32.1 Å². The molecule has 3 fully saturated rings. The number of benzene rings is 2. The van der Waals surface area contributed by atoms with E-state index < -0.39 is 18.3 Å². The molecule has 4 aliphatic rings. The summed E-state index contributed by atoms with van der Waals surface area (Å²) in [5.41, 5.74) is 8.35. The number of rotatable bonds is 7. The van der Waals surface area contributed by atoms with Crippen molar-refractivity contribution in [1.29, 1.82) is 5.26 Å². The van der Waals surface area contributed by atoms with E-state index in [0.717, 1.165) is 62.2 Å². The Labute approximate surface area is 261 Å². The molecule has 2 aromatic heterocycles.